The fourth-order valence-corrected chi connectivity index (χ4v) is 3.68. The van der Waals surface area contributed by atoms with Gasteiger partial charge in [-0.3, -0.25) is 9.59 Å². The van der Waals surface area contributed by atoms with Crippen LogP contribution in [0.25, 0.3) is 6.08 Å². The van der Waals surface area contributed by atoms with Crippen molar-refractivity contribution in [3.8, 4) is 0 Å². The molecule has 3 atom stereocenters. The second-order valence-corrected chi connectivity index (χ2v) is 7.16. The first-order chi connectivity index (χ1) is 13.7. The zero-order chi connectivity index (χ0) is 21.7. The van der Waals surface area contributed by atoms with Crippen molar-refractivity contribution in [2.45, 2.75) is 46.6 Å². The molecule has 0 unspecified atom stereocenters. The zero-order valence-corrected chi connectivity index (χ0v) is 17.9. The van der Waals surface area contributed by atoms with Gasteiger partial charge in [0, 0.05) is 36.8 Å². The maximum Gasteiger partial charge on any atom is 0.355 e. The van der Waals surface area contributed by atoms with Gasteiger partial charge < -0.3 is 24.5 Å². The van der Waals surface area contributed by atoms with Gasteiger partial charge in [-0.25, -0.2) is 4.79 Å². The molecule has 1 aromatic heterocycles. The van der Waals surface area contributed by atoms with E-state index in [4.69, 9.17) is 14.2 Å². The van der Waals surface area contributed by atoms with Gasteiger partial charge in [-0.1, -0.05) is 6.92 Å². The van der Waals surface area contributed by atoms with Gasteiger partial charge in [-0.05, 0) is 44.4 Å². The van der Waals surface area contributed by atoms with Crippen LogP contribution in [-0.4, -0.2) is 49.8 Å². The quantitative estimate of drug-likeness (QED) is 0.642. The summed E-state index contributed by atoms with van der Waals surface area (Å²) in [5.74, 6) is -1.25. The van der Waals surface area contributed by atoms with Crippen LogP contribution < -0.4 is 5.32 Å². The van der Waals surface area contributed by atoms with Gasteiger partial charge >= 0.3 is 11.9 Å². The summed E-state index contributed by atoms with van der Waals surface area (Å²) in [6, 6.07) is 0. The minimum atomic E-state index is -0.481. The highest BCUT2D eigenvalue weighted by atomic mass is 16.5. The molecule has 29 heavy (non-hydrogen) atoms. The van der Waals surface area contributed by atoms with Crippen LogP contribution in [0.4, 0.5) is 0 Å². The summed E-state index contributed by atoms with van der Waals surface area (Å²) in [6.07, 6.45) is 2.16. The maximum atomic E-state index is 12.4. The van der Waals surface area contributed by atoms with Gasteiger partial charge in [0.1, 0.15) is 5.69 Å². The lowest BCUT2D eigenvalue weighted by molar-refractivity contribution is -0.140. The van der Waals surface area contributed by atoms with Gasteiger partial charge in [-0.15, -0.1) is 0 Å². The number of carbonyl (C=O) groups is 3. The Morgan fingerprint density at radius 1 is 1.28 bits per heavy atom. The van der Waals surface area contributed by atoms with Crippen LogP contribution >= 0.6 is 0 Å². The number of carbonyl (C=O) groups excluding carboxylic acids is 3. The summed E-state index contributed by atoms with van der Waals surface area (Å²) in [5.41, 5.74) is 3.26. The van der Waals surface area contributed by atoms with Gasteiger partial charge in [-0.2, -0.15) is 0 Å². The van der Waals surface area contributed by atoms with Gasteiger partial charge in [0.25, 0.3) is 0 Å². The van der Waals surface area contributed by atoms with Crippen LogP contribution in [-0.2, 0) is 30.2 Å². The van der Waals surface area contributed by atoms with Crippen LogP contribution in [0.1, 0.15) is 54.5 Å². The summed E-state index contributed by atoms with van der Waals surface area (Å²) < 4.78 is 15.3. The molecule has 0 bridgehead atoms. The Bertz CT molecular complexity index is 810. The number of aromatic amines is 1. The summed E-state index contributed by atoms with van der Waals surface area (Å²) in [6.45, 7) is 7.63. The van der Waals surface area contributed by atoms with Crippen molar-refractivity contribution in [3.05, 3.63) is 28.2 Å². The van der Waals surface area contributed by atoms with Crippen molar-refractivity contribution in [2.75, 3.05) is 20.8 Å². The molecule has 1 fully saturated rings. The van der Waals surface area contributed by atoms with Crippen LogP contribution in [0.2, 0.25) is 0 Å². The molecule has 2 heterocycles. The number of aromatic nitrogens is 1. The molecule has 1 aliphatic heterocycles. The van der Waals surface area contributed by atoms with E-state index in [1.807, 2.05) is 26.8 Å². The number of H-pyrrole nitrogens is 1. The van der Waals surface area contributed by atoms with Crippen molar-refractivity contribution >= 4 is 23.9 Å². The van der Waals surface area contributed by atoms with Crippen LogP contribution in [0, 0.1) is 18.8 Å². The molecular formula is C21H30N2O6. The van der Waals surface area contributed by atoms with Crippen LogP contribution in [0.5, 0.6) is 0 Å². The number of amides is 1. The normalized spacial score (nSPS) is 21.2. The number of ether oxygens (including phenoxy) is 3. The third kappa shape index (κ3) is 4.87. The van der Waals surface area contributed by atoms with Crippen LogP contribution in [0.3, 0.4) is 0 Å². The first-order valence-electron chi connectivity index (χ1n) is 9.75. The lowest BCUT2D eigenvalue weighted by atomic mass is 9.89. The van der Waals surface area contributed by atoms with Crippen molar-refractivity contribution in [1.29, 1.82) is 0 Å². The van der Waals surface area contributed by atoms with Gasteiger partial charge in [0.05, 0.1) is 19.8 Å². The van der Waals surface area contributed by atoms with Crippen molar-refractivity contribution < 1.29 is 28.6 Å². The van der Waals surface area contributed by atoms with E-state index >= 15 is 0 Å². The molecule has 8 heteroatoms. The third-order valence-corrected chi connectivity index (χ3v) is 5.46. The molecule has 1 aliphatic rings. The van der Waals surface area contributed by atoms with Crippen molar-refractivity contribution in [3.63, 3.8) is 0 Å². The maximum absolute atomic E-state index is 12.4. The molecular weight excluding hydrogens is 376 g/mol. The molecule has 0 saturated carbocycles. The minimum Gasteiger partial charge on any atom is -0.469 e. The second-order valence-electron chi connectivity index (χ2n) is 7.16. The molecule has 1 aromatic rings. The number of hydrogen-bond donors (Lipinski definition) is 2. The fraction of sp³-hybridized carbons (Fsp3) is 0.571. The van der Waals surface area contributed by atoms with Crippen molar-refractivity contribution in [1.82, 2.24) is 10.3 Å². The Kier molecular flexibility index (Phi) is 7.61. The average Bonchev–Trinajstić information content (AvgIpc) is 3.16. The van der Waals surface area contributed by atoms with E-state index < -0.39 is 5.97 Å². The highest BCUT2D eigenvalue weighted by molar-refractivity contribution is 5.91. The Morgan fingerprint density at radius 3 is 2.55 bits per heavy atom. The smallest absolute Gasteiger partial charge is 0.355 e. The number of rotatable bonds is 8. The molecule has 1 amide bonds. The van der Waals surface area contributed by atoms with E-state index in [-0.39, 0.29) is 42.8 Å². The summed E-state index contributed by atoms with van der Waals surface area (Å²) in [5, 5.41) is 2.92. The van der Waals surface area contributed by atoms with E-state index in [0.29, 0.717) is 23.4 Å². The average molecular weight is 406 g/mol. The number of methoxy groups -OCH3 is 2. The minimum absolute atomic E-state index is 0.0640. The summed E-state index contributed by atoms with van der Waals surface area (Å²) in [4.78, 5) is 39.4. The fourth-order valence-electron chi connectivity index (χ4n) is 3.68. The summed E-state index contributed by atoms with van der Waals surface area (Å²) in [7, 11) is 2.94. The Labute approximate surface area is 171 Å². The van der Waals surface area contributed by atoms with E-state index in [1.54, 1.807) is 14.0 Å². The van der Waals surface area contributed by atoms with E-state index in [1.165, 1.54) is 7.11 Å². The number of hydrogen-bond acceptors (Lipinski definition) is 6. The predicted molar refractivity (Wildman–Crippen MR) is 107 cm³/mol. The van der Waals surface area contributed by atoms with E-state index in [9.17, 15) is 14.4 Å². The first-order valence-corrected chi connectivity index (χ1v) is 9.75. The second kappa shape index (κ2) is 9.73. The molecule has 2 N–H and O–H groups in total. The molecule has 0 aliphatic carbocycles. The van der Waals surface area contributed by atoms with Crippen LogP contribution in [0.15, 0.2) is 5.70 Å². The molecule has 1 saturated heterocycles. The molecule has 0 radical (unpaired) electrons. The van der Waals surface area contributed by atoms with Gasteiger partial charge in [0.2, 0.25) is 5.91 Å². The number of nitrogens with one attached hydrogen (secondary N) is 2. The standard InChI is InChI=1S/C21H30N2O6/c1-7-29-21(26)19-14(8-9-17(24)28-6)11(2)15(22-19)10-16-18(13(4)27-5)12(3)20(25)23-16/h10,12-13,18,22H,7-9H2,1-6H3,(H,23,25)/b16-10-/t12-,13+,18+/m1/s1. The topological polar surface area (TPSA) is 107 Å². The van der Waals surface area contributed by atoms with E-state index in [0.717, 1.165) is 11.3 Å². The molecule has 160 valence electrons. The third-order valence-electron chi connectivity index (χ3n) is 5.46. The molecule has 0 spiro atoms. The Balaban J connectivity index is 2.46. The van der Waals surface area contributed by atoms with Gasteiger partial charge in [0.15, 0.2) is 0 Å². The molecule has 8 nitrogen and oxygen atoms in total. The highest BCUT2D eigenvalue weighted by Gasteiger charge is 2.39. The summed E-state index contributed by atoms with van der Waals surface area (Å²) >= 11 is 0. The monoisotopic (exact) mass is 406 g/mol. The lowest BCUT2D eigenvalue weighted by Crippen LogP contribution is -2.24. The van der Waals surface area contributed by atoms with E-state index in [2.05, 4.69) is 10.3 Å². The first kappa shape index (κ1) is 22.7. The Hall–Kier alpha value is -2.61. The number of esters is 2. The molecule has 0 aromatic carbocycles. The molecule has 2 rings (SSSR count). The highest BCUT2D eigenvalue weighted by Crippen LogP contribution is 2.33. The Morgan fingerprint density at radius 2 is 1.97 bits per heavy atom. The SMILES string of the molecule is CCOC(=O)c1[nH]c(/C=C2\NC(=O)[C@H](C)[C@H]2[C@H](C)OC)c(C)c1CCC(=O)OC. The zero-order valence-electron chi connectivity index (χ0n) is 17.9. The largest absolute Gasteiger partial charge is 0.469 e. The predicted octanol–water partition coefficient (Wildman–Crippen LogP) is 2.36. The van der Waals surface area contributed by atoms with Crippen molar-refractivity contribution in [2.24, 2.45) is 11.8 Å². The lowest BCUT2D eigenvalue weighted by Gasteiger charge is -2.21.